The van der Waals surface area contributed by atoms with Crippen molar-refractivity contribution >= 4 is 21.5 Å². The first-order chi connectivity index (χ1) is 9.29. The van der Waals surface area contributed by atoms with Gasteiger partial charge in [-0.2, -0.15) is 0 Å². The lowest BCUT2D eigenvalue weighted by Crippen LogP contribution is -2.04. The number of benzene rings is 3. The fraction of sp³-hybridized carbons (Fsp3) is 0.222. The Kier molecular flexibility index (Phi) is 3.22. The van der Waals surface area contributed by atoms with E-state index in [0.717, 1.165) is 13.0 Å². The highest BCUT2D eigenvalue weighted by Gasteiger charge is 2.06. The van der Waals surface area contributed by atoms with E-state index in [9.17, 15) is 0 Å². The predicted octanol–water partition coefficient (Wildman–Crippen LogP) is 4.45. The van der Waals surface area contributed by atoms with E-state index in [4.69, 9.17) is 5.73 Å². The van der Waals surface area contributed by atoms with Crippen LogP contribution in [-0.2, 0) is 0 Å². The second kappa shape index (κ2) is 5.02. The lowest BCUT2D eigenvalue weighted by Gasteiger charge is -2.12. The van der Waals surface area contributed by atoms with Gasteiger partial charge in [0.2, 0.25) is 0 Å². The molecule has 1 nitrogen and oxygen atoms in total. The first kappa shape index (κ1) is 12.2. The SMILES string of the molecule is C[C@H](CCN)c1ccc2c(ccc3ccccc32)c1. The van der Waals surface area contributed by atoms with Crippen LogP contribution in [0, 0.1) is 0 Å². The van der Waals surface area contributed by atoms with Crippen LogP contribution in [-0.4, -0.2) is 6.54 Å². The first-order valence-electron chi connectivity index (χ1n) is 6.91. The largest absolute Gasteiger partial charge is 0.330 e. The summed E-state index contributed by atoms with van der Waals surface area (Å²) in [5.41, 5.74) is 7.04. The van der Waals surface area contributed by atoms with Crippen molar-refractivity contribution in [2.24, 2.45) is 5.73 Å². The summed E-state index contributed by atoms with van der Waals surface area (Å²) in [6.07, 6.45) is 1.04. The lowest BCUT2D eigenvalue weighted by atomic mass is 9.93. The molecule has 0 bridgehead atoms. The van der Waals surface area contributed by atoms with E-state index in [1.54, 1.807) is 0 Å². The molecule has 0 aromatic heterocycles. The highest BCUT2D eigenvalue weighted by molar-refractivity contribution is 6.07. The van der Waals surface area contributed by atoms with Crippen molar-refractivity contribution in [1.29, 1.82) is 0 Å². The molecule has 0 aliphatic heterocycles. The molecule has 0 aliphatic rings. The normalized spacial score (nSPS) is 12.9. The minimum absolute atomic E-state index is 0.529. The summed E-state index contributed by atoms with van der Waals surface area (Å²) in [6, 6.07) is 19.8. The molecule has 0 spiro atoms. The summed E-state index contributed by atoms with van der Waals surface area (Å²) in [4.78, 5) is 0. The van der Waals surface area contributed by atoms with Crippen LogP contribution in [0.2, 0.25) is 0 Å². The third-order valence-corrected chi connectivity index (χ3v) is 3.94. The highest BCUT2D eigenvalue weighted by Crippen LogP contribution is 2.28. The van der Waals surface area contributed by atoms with Crippen molar-refractivity contribution in [3.63, 3.8) is 0 Å². The van der Waals surface area contributed by atoms with Crippen LogP contribution in [0.4, 0.5) is 0 Å². The van der Waals surface area contributed by atoms with Crippen molar-refractivity contribution in [1.82, 2.24) is 0 Å². The Bertz CT molecular complexity index is 715. The Morgan fingerprint density at radius 1 is 0.895 bits per heavy atom. The van der Waals surface area contributed by atoms with E-state index < -0.39 is 0 Å². The molecule has 1 heteroatoms. The van der Waals surface area contributed by atoms with Crippen LogP contribution in [0.1, 0.15) is 24.8 Å². The van der Waals surface area contributed by atoms with Crippen LogP contribution >= 0.6 is 0 Å². The number of hydrogen-bond acceptors (Lipinski definition) is 1. The third-order valence-electron chi connectivity index (χ3n) is 3.94. The fourth-order valence-electron chi connectivity index (χ4n) is 2.75. The van der Waals surface area contributed by atoms with E-state index in [-0.39, 0.29) is 0 Å². The Labute approximate surface area is 114 Å². The third kappa shape index (κ3) is 2.22. The van der Waals surface area contributed by atoms with Gasteiger partial charge in [0.15, 0.2) is 0 Å². The van der Waals surface area contributed by atoms with E-state index in [1.807, 2.05) is 0 Å². The molecule has 0 heterocycles. The summed E-state index contributed by atoms with van der Waals surface area (Å²) >= 11 is 0. The van der Waals surface area contributed by atoms with Crippen LogP contribution in [0.5, 0.6) is 0 Å². The van der Waals surface area contributed by atoms with Crippen LogP contribution in [0.15, 0.2) is 54.6 Å². The molecule has 0 aliphatic carbocycles. The molecule has 0 fully saturated rings. The van der Waals surface area contributed by atoms with Crippen molar-refractivity contribution in [2.45, 2.75) is 19.3 Å². The monoisotopic (exact) mass is 249 g/mol. The van der Waals surface area contributed by atoms with Crippen molar-refractivity contribution in [3.8, 4) is 0 Å². The second-order valence-corrected chi connectivity index (χ2v) is 5.25. The van der Waals surface area contributed by atoms with Gasteiger partial charge in [0.05, 0.1) is 0 Å². The molecule has 0 saturated heterocycles. The van der Waals surface area contributed by atoms with E-state index in [0.29, 0.717) is 5.92 Å². The summed E-state index contributed by atoms with van der Waals surface area (Å²) in [7, 11) is 0. The van der Waals surface area contributed by atoms with Gasteiger partial charge in [-0.1, -0.05) is 61.5 Å². The molecule has 3 rings (SSSR count). The van der Waals surface area contributed by atoms with Crippen LogP contribution in [0.3, 0.4) is 0 Å². The van der Waals surface area contributed by atoms with Gasteiger partial charge in [0, 0.05) is 0 Å². The van der Waals surface area contributed by atoms with Crippen molar-refractivity contribution < 1.29 is 0 Å². The maximum absolute atomic E-state index is 5.65. The lowest BCUT2D eigenvalue weighted by molar-refractivity contribution is 0.691. The summed E-state index contributed by atoms with van der Waals surface area (Å²) < 4.78 is 0. The summed E-state index contributed by atoms with van der Waals surface area (Å²) in [5, 5.41) is 5.29. The van der Waals surface area contributed by atoms with E-state index in [1.165, 1.54) is 27.1 Å². The second-order valence-electron chi connectivity index (χ2n) is 5.25. The standard InChI is InChI=1S/C18H19N/c1-13(10-11-19)15-8-9-18-16(12-15)7-6-14-4-2-3-5-17(14)18/h2-9,12-13H,10-11,19H2,1H3/t13-/m1/s1. The Hall–Kier alpha value is -1.86. The topological polar surface area (TPSA) is 26.0 Å². The molecular weight excluding hydrogens is 230 g/mol. The zero-order chi connectivity index (χ0) is 13.2. The fourth-order valence-corrected chi connectivity index (χ4v) is 2.75. The molecule has 19 heavy (non-hydrogen) atoms. The Morgan fingerprint density at radius 2 is 1.63 bits per heavy atom. The quantitative estimate of drug-likeness (QED) is 0.682. The molecule has 2 N–H and O–H groups in total. The molecule has 0 radical (unpaired) electrons. The van der Waals surface area contributed by atoms with E-state index in [2.05, 4.69) is 61.5 Å². The molecular formula is C18H19N. The molecule has 3 aromatic rings. The minimum Gasteiger partial charge on any atom is -0.330 e. The number of nitrogens with two attached hydrogens (primary N) is 1. The average Bonchev–Trinajstić information content (AvgIpc) is 2.46. The first-order valence-corrected chi connectivity index (χ1v) is 6.91. The van der Waals surface area contributed by atoms with Crippen LogP contribution < -0.4 is 5.73 Å². The summed E-state index contributed by atoms with van der Waals surface area (Å²) in [6.45, 7) is 2.99. The van der Waals surface area contributed by atoms with Gasteiger partial charge < -0.3 is 5.73 Å². The van der Waals surface area contributed by atoms with Gasteiger partial charge in [-0.05, 0) is 46.0 Å². The smallest absolute Gasteiger partial charge is 0.00715 e. The van der Waals surface area contributed by atoms with E-state index >= 15 is 0 Å². The molecule has 0 amide bonds. The Balaban J connectivity index is 2.17. The minimum atomic E-state index is 0.529. The van der Waals surface area contributed by atoms with Gasteiger partial charge >= 0.3 is 0 Å². The number of rotatable bonds is 3. The highest BCUT2D eigenvalue weighted by atomic mass is 14.5. The van der Waals surface area contributed by atoms with Gasteiger partial charge in [-0.3, -0.25) is 0 Å². The number of fused-ring (bicyclic) bond motifs is 3. The van der Waals surface area contributed by atoms with Gasteiger partial charge in [0.25, 0.3) is 0 Å². The average molecular weight is 249 g/mol. The maximum atomic E-state index is 5.65. The van der Waals surface area contributed by atoms with Gasteiger partial charge in [-0.15, -0.1) is 0 Å². The molecule has 1 atom stereocenters. The zero-order valence-corrected chi connectivity index (χ0v) is 11.3. The number of hydrogen-bond donors (Lipinski definition) is 1. The van der Waals surface area contributed by atoms with Crippen molar-refractivity contribution in [2.75, 3.05) is 6.54 Å². The van der Waals surface area contributed by atoms with Crippen LogP contribution in [0.25, 0.3) is 21.5 Å². The molecule has 0 unspecified atom stereocenters. The van der Waals surface area contributed by atoms with Gasteiger partial charge in [0.1, 0.15) is 0 Å². The maximum Gasteiger partial charge on any atom is -0.00715 e. The molecule has 0 saturated carbocycles. The van der Waals surface area contributed by atoms with Crippen molar-refractivity contribution in [3.05, 3.63) is 60.2 Å². The predicted molar refractivity (Wildman–Crippen MR) is 83.5 cm³/mol. The zero-order valence-electron chi connectivity index (χ0n) is 11.3. The summed E-state index contributed by atoms with van der Waals surface area (Å²) in [5.74, 6) is 0.529. The van der Waals surface area contributed by atoms with Gasteiger partial charge in [-0.25, -0.2) is 0 Å². The molecule has 96 valence electrons. The Morgan fingerprint density at radius 3 is 2.47 bits per heavy atom. The molecule has 3 aromatic carbocycles.